The zero-order valence-electron chi connectivity index (χ0n) is 16.6. The number of carbonyl (C=O) groups excluding carboxylic acids is 1. The number of hydrogen-bond acceptors (Lipinski definition) is 6. The van der Waals surface area contributed by atoms with Crippen LogP contribution in [0.5, 0.6) is 0 Å². The summed E-state index contributed by atoms with van der Waals surface area (Å²) < 4.78 is 1.02. The van der Waals surface area contributed by atoms with Gasteiger partial charge in [0.25, 0.3) is 5.91 Å². The van der Waals surface area contributed by atoms with Gasteiger partial charge in [0.1, 0.15) is 23.8 Å². The van der Waals surface area contributed by atoms with E-state index >= 15 is 0 Å². The molecule has 2 heterocycles. The molecule has 0 fully saturated rings. The largest absolute Gasteiger partial charge is 0.340 e. The van der Waals surface area contributed by atoms with Crippen molar-refractivity contribution in [3.8, 4) is 0 Å². The van der Waals surface area contributed by atoms with Crippen molar-refractivity contribution in [2.45, 2.75) is 6.92 Å². The van der Waals surface area contributed by atoms with E-state index in [1.807, 2.05) is 61.5 Å². The summed E-state index contributed by atoms with van der Waals surface area (Å²) in [7, 11) is 0. The Labute approximate surface area is 193 Å². The van der Waals surface area contributed by atoms with E-state index in [9.17, 15) is 4.79 Å². The van der Waals surface area contributed by atoms with Crippen LogP contribution in [0, 0.1) is 10.5 Å². The maximum Gasteiger partial charge on any atom is 0.255 e. The van der Waals surface area contributed by atoms with Crippen molar-refractivity contribution in [2.24, 2.45) is 0 Å². The van der Waals surface area contributed by atoms with Gasteiger partial charge in [-0.15, -0.1) is 0 Å². The first-order valence-electron chi connectivity index (χ1n) is 9.51. The molecule has 8 heteroatoms. The van der Waals surface area contributed by atoms with Crippen LogP contribution in [0.25, 0.3) is 0 Å². The number of anilines is 5. The average Bonchev–Trinajstić information content (AvgIpc) is 2.75. The van der Waals surface area contributed by atoms with E-state index in [4.69, 9.17) is 0 Å². The van der Waals surface area contributed by atoms with Crippen LogP contribution in [-0.4, -0.2) is 20.9 Å². The van der Waals surface area contributed by atoms with Gasteiger partial charge in [-0.05, 0) is 89.7 Å². The quantitative estimate of drug-likeness (QED) is 0.289. The summed E-state index contributed by atoms with van der Waals surface area (Å²) in [6.45, 7) is 2.01. The van der Waals surface area contributed by atoms with Crippen LogP contribution in [0.4, 0.5) is 28.8 Å². The van der Waals surface area contributed by atoms with Gasteiger partial charge in [0.05, 0.1) is 0 Å². The van der Waals surface area contributed by atoms with E-state index in [0.29, 0.717) is 22.9 Å². The second-order valence-corrected chi connectivity index (χ2v) is 8.04. The molecule has 7 nitrogen and oxygen atoms in total. The number of halogens is 1. The molecule has 2 aromatic carbocycles. The number of nitrogens with zero attached hydrogens (tertiary/aromatic N) is 3. The molecule has 0 atom stereocenters. The zero-order chi connectivity index (χ0) is 21.6. The second kappa shape index (κ2) is 9.52. The minimum absolute atomic E-state index is 0.143. The third-order valence-electron chi connectivity index (χ3n) is 4.34. The van der Waals surface area contributed by atoms with Crippen molar-refractivity contribution < 1.29 is 4.79 Å². The predicted octanol–water partition coefficient (Wildman–Crippen LogP) is 5.52. The highest BCUT2D eigenvalue weighted by Gasteiger charge is 2.07. The molecule has 4 rings (SSSR count). The molecule has 2 aromatic heterocycles. The van der Waals surface area contributed by atoms with Gasteiger partial charge in [-0.25, -0.2) is 15.0 Å². The first kappa shape index (κ1) is 20.7. The van der Waals surface area contributed by atoms with Crippen molar-refractivity contribution in [2.75, 3.05) is 16.0 Å². The number of pyridine rings is 1. The van der Waals surface area contributed by atoms with Gasteiger partial charge < -0.3 is 16.0 Å². The Kier molecular flexibility index (Phi) is 6.37. The number of benzene rings is 2. The molecule has 0 radical (unpaired) electrons. The normalized spacial score (nSPS) is 10.4. The van der Waals surface area contributed by atoms with Crippen LogP contribution in [0.15, 0.2) is 79.3 Å². The number of carbonyl (C=O) groups is 1. The van der Waals surface area contributed by atoms with Crippen LogP contribution >= 0.6 is 22.6 Å². The van der Waals surface area contributed by atoms with Crippen molar-refractivity contribution in [1.29, 1.82) is 0 Å². The smallest absolute Gasteiger partial charge is 0.255 e. The van der Waals surface area contributed by atoms with E-state index in [0.717, 1.165) is 20.6 Å². The summed E-state index contributed by atoms with van der Waals surface area (Å²) in [4.78, 5) is 25.2. The lowest BCUT2D eigenvalue weighted by molar-refractivity contribution is 0.102. The average molecular weight is 522 g/mol. The van der Waals surface area contributed by atoms with Gasteiger partial charge in [-0.2, -0.15) is 0 Å². The molecule has 0 saturated heterocycles. The Morgan fingerprint density at radius 3 is 2.26 bits per heavy atom. The minimum atomic E-state index is -0.143. The Balaban J connectivity index is 1.40. The SMILES string of the molecule is Cc1ccnc(Nc2cc(Nc3ccc(NC(=O)c4cccc(I)c4)cc3)ncn2)c1. The van der Waals surface area contributed by atoms with Crippen LogP contribution < -0.4 is 16.0 Å². The lowest BCUT2D eigenvalue weighted by Crippen LogP contribution is -2.11. The number of aryl methyl sites for hydroxylation is 1. The number of aromatic nitrogens is 3. The molecule has 0 unspecified atom stereocenters. The van der Waals surface area contributed by atoms with Gasteiger partial charge in [0, 0.05) is 32.8 Å². The highest BCUT2D eigenvalue weighted by atomic mass is 127. The Morgan fingerprint density at radius 2 is 1.52 bits per heavy atom. The zero-order valence-corrected chi connectivity index (χ0v) is 18.8. The van der Waals surface area contributed by atoms with Gasteiger partial charge in [0.15, 0.2) is 0 Å². The van der Waals surface area contributed by atoms with E-state index in [1.54, 1.807) is 18.3 Å². The lowest BCUT2D eigenvalue weighted by atomic mass is 10.2. The molecule has 0 bridgehead atoms. The molecule has 0 aliphatic heterocycles. The summed E-state index contributed by atoms with van der Waals surface area (Å²) in [5, 5.41) is 9.31. The summed E-state index contributed by atoms with van der Waals surface area (Å²) in [5.74, 6) is 1.85. The number of amides is 1. The van der Waals surface area contributed by atoms with E-state index in [2.05, 4.69) is 53.5 Å². The molecule has 0 saturated carbocycles. The number of rotatable bonds is 6. The van der Waals surface area contributed by atoms with Gasteiger partial charge >= 0.3 is 0 Å². The van der Waals surface area contributed by atoms with Gasteiger partial charge in [-0.1, -0.05) is 6.07 Å². The molecule has 4 aromatic rings. The van der Waals surface area contributed by atoms with Crippen molar-refractivity contribution >= 4 is 57.3 Å². The second-order valence-electron chi connectivity index (χ2n) is 6.80. The van der Waals surface area contributed by atoms with Crippen LogP contribution in [0.2, 0.25) is 0 Å². The lowest BCUT2D eigenvalue weighted by Gasteiger charge is -2.10. The van der Waals surface area contributed by atoms with Crippen LogP contribution in [-0.2, 0) is 0 Å². The maximum atomic E-state index is 12.4. The summed E-state index contributed by atoms with van der Waals surface area (Å²) >= 11 is 2.19. The first-order valence-corrected chi connectivity index (χ1v) is 10.6. The molecular formula is C23H19IN6O. The van der Waals surface area contributed by atoms with Crippen LogP contribution in [0.1, 0.15) is 15.9 Å². The van der Waals surface area contributed by atoms with Crippen molar-refractivity contribution in [3.05, 3.63) is 94.0 Å². The molecule has 31 heavy (non-hydrogen) atoms. The third kappa shape index (κ3) is 5.76. The third-order valence-corrected chi connectivity index (χ3v) is 5.01. The van der Waals surface area contributed by atoms with E-state index in [1.165, 1.54) is 6.33 Å². The summed E-state index contributed by atoms with van der Waals surface area (Å²) in [5.41, 5.74) is 3.29. The Bertz CT molecular complexity index is 1210. The summed E-state index contributed by atoms with van der Waals surface area (Å²) in [6, 6.07) is 20.6. The number of hydrogen-bond donors (Lipinski definition) is 3. The highest BCUT2D eigenvalue weighted by Crippen LogP contribution is 2.21. The fraction of sp³-hybridized carbons (Fsp3) is 0.0435. The fourth-order valence-electron chi connectivity index (χ4n) is 2.85. The maximum absolute atomic E-state index is 12.4. The first-order chi connectivity index (χ1) is 15.0. The van der Waals surface area contributed by atoms with E-state index in [-0.39, 0.29) is 5.91 Å². The Morgan fingerprint density at radius 1 is 0.806 bits per heavy atom. The molecule has 0 spiro atoms. The molecule has 3 N–H and O–H groups in total. The molecule has 154 valence electrons. The minimum Gasteiger partial charge on any atom is -0.340 e. The van der Waals surface area contributed by atoms with Gasteiger partial charge in [-0.3, -0.25) is 4.79 Å². The van der Waals surface area contributed by atoms with E-state index < -0.39 is 0 Å². The Hall–Kier alpha value is -3.53. The number of nitrogens with one attached hydrogen (secondary N) is 3. The van der Waals surface area contributed by atoms with Crippen molar-refractivity contribution in [3.63, 3.8) is 0 Å². The highest BCUT2D eigenvalue weighted by molar-refractivity contribution is 14.1. The topological polar surface area (TPSA) is 91.8 Å². The fourth-order valence-corrected chi connectivity index (χ4v) is 3.39. The monoisotopic (exact) mass is 522 g/mol. The predicted molar refractivity (Wildman–Crippen MR) is 131 cm³/mol. The summed E-state index contributed by atoms with van der Waals surface area (Å²) in [6.07, 6.45) is 3.23. The molecular weight excluding hydrogens is 503 g/mol. The van der Waals surface area contributed by atoms with Crippen molar-refractivity contribution in [1.82, 2.24) is 15.0 Å². The van der Waals surface area contributed by atoms with Crippen LogP contribution in [0.3, 0.4) is 0 Å². The molecule has 1 amide bonds. The van der Waals surface area contributed by atoms with Gasteiger partial charge in [0.2, 0.25) is 0 Å². The molecule has 0 aliphatic rings. The standard InChI is InChI=1S/C23H19IN6O/c1-15-9-10-25-20(11-15)30-22-13-21(26-14-27-22)28-18-5-7-19(8-6-18)29-23(31)16-3-2-4-17(24)12-16/h2-14H,1H3,(H,29,31)(H2,25,26,27,28,30). The molecule has 0 aliphatic carbocycles.